The van der Waals surface area contributed by atoms with Crippen LogP contribution < -0.4 is 5.32 Å². The zero-order valence-electron chi connectivity index (χ0n) is 11.7. The van der Waals surface area contributed by atoms with Crippen molar-refractivity contribution in [3.63, 3.8) is 0 Å². The number of piperidine rings is 2. The highest BCUT2D eigenvalue weighted by Crippen LogP contribution is 2.12. The van der Waals surface area contributed by atoms with Gasteiger partial charge in [0.15, 0.2) is 0 Å². The van der Waals surface area contributed by atoms with E-state index >= 15 is 0 Å². The van der Waals surface area contributed by atoms with Gasteiger partial charge in [0, 0.05) is 19.6 Å². The Morgan fingerprint density at radius 2 is 2.06 bits per heavy atom. The molecular formula is C14H27N3O. The summed E-state index contributed by atoms with van der Waals surface area (Å²) < 4.78 is 0. The van der Waals surface area contributed by atoms with Crippen molar-refractivity contribution in [2.45, 2.75) is 32.1 Å². The van der Waals surface area contributed by atoms with Gasteiger partial charge in [0.1, 0.15) is 0 Å². The average molecular weight is 253 g/mol. The van der Waals surface area contributed by atoms with Crippen molar-refractivity contribution in [3.05, 3.63) is 0 Å². The van der Waals surface area contributed by atoms with Crippen molar-refractivity contribution < 1.29 is 4.79 Å². The summed E-state index contributed by atoms with van der Waals surface area (Å²) >= 11 is 0. The molecule has 0 bridgehead atoms. The SMILES string of the molecule is CN(CC(=O)N1CCCCC1)CC1CCCNC1. The van der Waals surface area contributed by atoms with Crippen molar-refractivity contribution in [1.29, 1.82) is 0 Å². The van der Waals surface area contributed by atoms with E-state index in [0.29, 0.717) is 12.5 Å². The molecule has 4 heteroatoms. The first-order valence-electron chi connectivity index (χ1n) is 7.43. The van der Waals surface area contributed by atoms with E-state index in [-0.39, 0.29) is 0 Å². The average Bonchev–Trinajstić information content (AvgIpc) is 2.40. The highest BCUT2D eigenvalue weighted by Gasteiger charge is 2.20. The molecule has 18 heavy (non-hydrogen) atoms. The van der Waals surface area contributed by atoms with E-state index in [2.05, 4.69) is 17.3 Å². The number of nitrogens with zero attached hydrogens (tertiary/aromatic N) is 2. The van der Waals surface area contributed by atoms with Gasteiger partial charge in [-0.3, -0.25) is 9.69 Å². The Morgan fingerprint density at radius 1 is 1.28 bits per heavy atom. The van der Waals surface area contributed by atoms with E-state index in [1.54, 1.807) is 0 Å². The molecule has 0 aliphatic carbocycles. The Kier molecular flexibility index (Phi) is 5.45. The van der Waals surface area contributed by atoms with Gasteiger partial charge in [-0.25, -0.2) is 0 Å². The van der Waals surface area contributed by atoms with Gasteiger partial charge in [-0.1, -0.05) is 0 Å². The fourth-order valence-electron chi connectivity index (χ4n) is 3.06. The van der Waals surface area contributed by atoms with Gasteiger partial charge in [0.2, 0.25) is 5.91 Å². The molecule has 2 heterocycles. The first-order valence-corrected chi connectivity index (χ1v) is 7.43. The molecule has 2 aliphatic rings. The molecule has 0 aromatic heterocycles. The standard InChI is InChI=1S/C14H27N3O/c1-16(11-13-6-5-7-15-10-13)12-14(18)17-8-3-2-4-9-17/h13,15H,2-12H2,1H3. The molecule has 1 atom stereocenters. The molecule has 2 rings (SSSR count). The van der Waals surface area contributed by atoms with E-state index in [9.17, 15) is 4.79 Å². The molecular weight excluding hydrogens is 226 g/mol. The maximum Gasteiger partial charge on any atom is 0.236 e. The van der Waals surface area contributed by atoms with Crippen molar-refractivity contribution in [2.75, 3.05) is 46.3 Å². The molecule has 104 valence electrons. The van der Waals surface area contributed by atoms with Crippen molar-refractivity contribution in [3.8, 4) is 0 Å². The summed E-state index contributed by atoms with van der Waals surface area (Å²) in [6, 6.07) is 0. The van der Waals surface area contributed by atoms with E-state index in [0.717, 1.165) is 38.6 Å². The maximum absolute atomic E-state index is 12.1. The summed E-state index contributed by atoms with van der Waals surface area (Å²) in [5.41, 5.74) is 0. The van der Waals surface area contributed by atoms with Gasteiger partial charge < -0.3 is 10.2 Å². The highest BCUT2D eigenvalue weighted by molar-refractivity contribution is 5.78. The van der Waals surface area contributed by atoms with Crippen LogP contribution in [0.15, 0.2) is 0 Å². The Bertz CT molecular complexity index is 258. The molecule has 0 saturated carbocycles. The zero-order valence-corrected chi connectivity index (χ0v) is 11.7. The van der Waals surface area contributed by atoms with Gasteiger partial charge in [0.25, 0.3) is 0 Å². The smallest absolute Gasteiger partial charge is 0.236 e. The second-order valence-corrected chi connectivity index (χ2v) is 5.85. The highest BCUT2D eigenvalue weighted by atomic mass is 16.2. The van der Waals surface area contributed by atoms with E-state index in [1.165, 1.54) is 32.1 Å². The van der Waals surface area contributed by atoms with Crippen LogP contribution in [0.1, 0.15) is 32.1 Å². The monoisotopic (exact) mass is 253 g/mol. The predicted molar refractivity (Wildman–Crippen MR) is 73.5 cm³/mol. The Labute approximate surface area is 111 Å². The largest absolute Gasteiger partial charge is 0.342 e. The number of amides is 1. The minimum absolute atomic E-state index is 0.320. The van der Waals surface area contributed by atoms with Crippen molar-refractivity contribution >= 4 is 5.91 Å². The second-order valence-electron chi connectivity index (χ2n) is 5.85. The van der Waals surface area contributed by atoms with Crippen LogP contribution in [0.3, 0.4) is 0 Å². The first-order chi connectivity index (χ1) is 8.75. The van der Waals surface area contributed by atoms with Crippen LogP contribution in [0.5, 0.6) is 0 Å². The Morgan fingerprint density at radius 3 is 2.72 bits per heavy atom. The molecule has 0 spiro atoms. The Hall–Kier alpha value is -0.610. The lowest BCUT2D eigenvalue weighted by Gasteiger charge is -2.31. The number of carbonyl (C=O) groups excluding carboxylic acids is 1. The van der Waals surface area contributed by atoms with Crippen LogP contribution in [0.25, 0.3) is 0 Å². The summed E-state index contributed by atoms with van der Waals surface area (Å²) in [5.74, 6) is 1.04. The molecule has 0 aromatic rings. The van der Waals surface area contributed by atoms with Crippen LogP contribution in [0.4, 0.5) is 0 Å². The molecule has 2 fully saturated rings. The zero-order chi connectivity index (χ0) is 12.8. The maximum atomic E-state index is 12.1. The van der Waals surface area contributed by atoms with E-state index in [4.69, 9.17) is 0 Å². The molecule has 1 N–H and O–H groups in total. The number of hydrogen-bond acceptors (Lipinski definition) is 3. The number of hydrogen-bond donors (Lipinski definition) is 1. The van der Waals surface area contributed by atoms with Crippen LogP contribution >= 0.6 is 0 Å². The van der Waals surface area contributed by atoms with Gasteiger partial charge in [0.05, 0.1) is 6.54 Å². The first kappa shape index (κ1) is 13.8. The predicted octanol–water partition coefficient (Wildman–Crippen LogP) is 0.930. The Balaban J connectivity index is 1.68. The van der Waals surface area contributed by atoms with Crippen molar-refractivity contribution in [2.24, 2.45) is 5.92 Å². The van der Waals surface area contributed by atoms with E-state index < -0.39 is 0 Å². The lowest BCUT2D eigenvalue weighted by molar-refractivity contribution is -0.133. The number of carbonyl (C=O) groups is 1. The van der Waals surface area contributed by atoms with Gasteiger partial charge in [-0.05, 0) is 58.2 Å². The summed E-state index contributed by atoms with van der Waals surface area (Å²) in [7, 11) is 2.08. The summed E-state index contributed by atoms with van der Waals surface area (Å²) in [6.07, 6.45) is 6.23. The van der Waals surface area contributed by atoms with Crippen LogP contribution in [0.2, 0.25) is 0 Å². The van der Waals surface area contributed by atoms with Crippen LogP contribution in [-0.2, 0) is 4.79 Å². The van der Waals surface area contributed by atoms with Gasteiger partial charge in [-0.15, -0.1) is 0 Å². The third-order valence-electron chi connectivity index (χ3n) is 4.08. The van der Waals surface area contributed by atoms with Crippen LogP contribution in [0, 0.1) is 5.92 Å². The minimum atomic E-state index is 0.320. The number of likely N-dealkylation sites (N-methyl/N-ethyl adjacent to an activating group) is 1. The normalized spacial score (nSPS) is 25.4. The molecule has 2 aliphatic heterocycles. The number of rotatable bonds is 4. The lowest BCUT2D eigenvalue weighted by Crippen LogP contribution is -2.44. The molecule has 2 saturated heterocycles. The van der Waals surface area contributed by atoms with Crippen molar-refractivity contribution in [1.82, 2.24) is 15.1 Å². The lowest BCUT2D eigenvalue weighted by atomic mass is 9.99. The molecule has 0 aromatic carbocycles. The number of likely N-dealkylation sites (tertiary alicyclic amines) is 1. The number of nitrogens with one attached hydrogen (secondary N) is 1. The third kappa shape index (κ3) is 4.25. The topological polar surface area (TPSA) is 35.6 Å². The quantitative estimate of drug-likeness (QED) is 0.809. The summed E-state index contributed by atoms with van der Waals surface area (Å²) in [4.78, 5) is 16.4. The molecule has 1 unspecified atom stereocenters. The fourth-order valence-corrected chi connectivity index (χ4v) is 3.06. The molecule has 0 radical (unpaired) electrons. The molecule has 4 nitrogen and oxygen atoms in total. The van der Waals surface area contributed by atoms with Crippen LogP contribution in [-0.4, -0.2) is 62.0 Å². The fraction of sp³-hybridized carbons (Fsp3) is 0.929. The minimum Gasteiger partial charge on any atom is -0.342 e. The molecule has 1 amide bonds. The summed E-state index contributed by atoms with van der Waals surface area (Å²) in [6.45, 7) is 5.85. The van der Waals surface area contributed by atoms with Gasteiger partial charge in [-0.2, -0.15) is 0 Å². The van der Waals surface area contributed by atoms with Gasteiger partial charge >= 0.3 is 0 Å². The van der Waals surface area contributed by atoms with E-state index in [1.807, 2.05) is 4.90 Å². The summed E-state index contributed by atoms with van der Waals surface area (Å²) in [5, 5.41) is 3.43. The third-order valence-corrected chi connectivity index (χ3v) is 4.08. The second kappa shape index (κ2) is 7.10.